The van der Waals surface area contributed by atoms with Crippen LogP contribution < -0.4 is 4.57 Å². The van der Waals surface area contributed by atoms with E-state index in [1.165, 1.54) is 5.39 Å². The van der Waals surface area contributed by atoms with Crippen LogP contribution in [0, 0.1) is 18.5 Å². The van der Waals surface area contributed by atoms with E-state index in [1.54, 1.807) is 0 Å². The molecule has 0 radical (unpaired) electrons. The van der Waals surface area contributed by atoms with Gasteiger partial charge in [-0.2, -0.15) is 24.3 Å². The van der Waals surface area contributed by atoms with Gasteiger partial charge in [0.1, 0.15) is 5.82 Å². The molecule has 0 N–H and O–H groups in total. The number of para-hydroxylation sites is 3. The Morgan fingerprint density at radius 2 is 1.61 bits per heavy atom. The Morgan fingerprint density at radius 1 is 0.789 bits per heavy atom. The second kappa shape index (κ2) is 9.89. The maximum atomic E-state index is 4.65. The van der Waals surface area contributed by atoms with E-state index in [-0.39, 0.29) is 21.1 Å². The zero-order chi connectivity index (χ0) is 24.8. The Hall–Kier alpha value is -4.27. The summed E-state index contributed by atoms with van der Waals surface area (Å²) in [5.41, 5.74) is 7.12. The smallest absolute Gasteiger partial charge is 0.242 e. The van der Waals surface area contributed by atoms with Gasteiger partial charge in [-0.1, -0.05) is 60.0 Å². The molecule has 1 aliphatic carbocycles. The molecule has 0 unspecified atom stereocenters. The molecule has 0 amide bonds. The van der Waals surface area contributed by atoms with Crippen molar-refractivity contribution in [2.75, 3.05) is 0 Å². The summed E-state index contributed by atoms with van der Waals surface area (Å²) in [5, 5.41) is 2.33. The number of allylic oxidation sites excluding steroid dienone is 8. The van der Waals surface area contributed by atoms with Crippen molar-refractivity contribution in [1.82, 2.24) is 14.1 Å². The van der Waals surface area contributed by atoms with Crippen LogP contribution in [0.25, 0.3) is 49.9 Å². The summed E-state index contributed by atoms with van der Waals surface area (Å²) in [7, 11) is 2.01. The summed E-state index contributed by atoms with van der Waals surface area (Å²) in [5.74, 6) is 0.873. The fourth-order valence-corrected chi connectivity index (χ4v) is 5.02. The van der Waals surface area contributed by atoms with Crippen LogP contribution in [0.4, 0.5) is 0 Å². The number of benzene rings is 3. The van der Waals surface area contributed by atoms with Crippen molar-refractivity contribution in [3.05, 3.63) is 139 Å². The van der Waals surface area contributed by atoms with Crippen LogP contribution in [0.3, 0.4) is 0 Å². The molecule has 0 atom stereocenters. The fourth-order valence-electron chi connectivity index (χ4n) is 5.02. The van der Waals surface area contributed by atoms with E-state index in [4.69, 9.17) is 0 Å². The first-order valence-electron chi connectivity index (χ1n) is 12.2. The first-order chi connectivity index (χ1) is 18.3. The van der Waals surface area contributed by atoms with Gasteiger partial charge >= 0.3 is 0 Å². The topological polar surface area (TPSA) is 26.6 Å². The van der Waals surface area contributed by atoms with Crippen LogP contribution in [-0.2, 0) is 28.1 Å². The van der Waals surface area contributed by atoms with Crippen molar-refractivity contribution in [2.24, 2.45) is 7.05 Å². The van der Waals surface area contributed by atoms with E-state index < -0.39 is 0 Å². The monoisotopic (exact) mass is 669 g/mol. The quantitative estimate of drug-likeness (QED) is 0.158. The van der Waals surface area contributed by atoms with Crippen molar-refractivity contribution < 1.29 is 25.6 Å². The number of fused-ring (bicyclic) bond motifs is 4. The molecule has 0 saturated carbocycles. The average molecular weight is 670 g/mol. The van der Waals surface area contributed by atoms with Gasteiger partial charge in [0.2, 0.25) is 6.33 Å². The van der Waals surface area contributed by atoms with Crippen LogP contribution in [0.1, 0.15) is 5.56 Å². The molecule has 38 heavy (non-hydrogen) atoms. The fraction of sp³-hybridized carbons (Fsp3) is 0.0303. The molecule has 3 aromatic carbocycles. The number of nitrogens with zero attached hydrogens (tertiary/aromatic N) is 4. The predicted molar refractivity (Wildman–Crippen MR) is 149 cm³/mol. The van der Waals surface area contributed by atoms with Gasteiger partial charge in [-0.15, -0.1) is 24.3 Å². The molecular formula is C33H22N4Pt-2. The maximum Gasteiger partial charge on any atom is 0.242 e. The van der Waals surface area contributed by atoms with E-state index >= 15 is 0 Å². The number of hydrogen-bond acceptors (Lipinski definition) is 1. The van der Waals surface area contributed by atoms with Crippen LogP contribution in [0.15, 0.2) is 115 Å². The van der Waals surface area contributed by atoms with Gasteiger partial charge < -0.3 is 13.7 Å². The minimum Gasteiger partial charge on any atom is -0.337 e. The first-order valence-corrected chi connectivity index (χ1v) is 12.2. The van der Waals surface area contributed by atoms with Crippen LogP contribution in [-0.4, -0.2) is 14.1 Å². The largest absolute Gasteiger partial charge is 0.337 e. The van der Waals surface area contributed by atoms with E-state index in [1.807, 2.05) is 60.3 Å². The Morgan fingerprint density at radius 3 is 2.47 bits per heavy atom. The van der Waals surface area contributed by atoms with Crippen LogP contribution in [0.2, 0.25) is 0 Å². The number of pyridine rings is 1. The summed E-state index contributed by atoms with van der Waals surface area (Å²) < 4.78 is 6.26. The van der Waals surface area contributed by atoms with Gasteiger partial charge in [0.15, 0.2) is 0 Å². The van der Waals surface area contributed by atoms with E-state index in [9.17, 15) is 0 Å². The Kier molecular flexibility index (Phi) is 6.27. The van der Waals surface area contributed by atoms with Gasteiger partial charge in [0.25, 0.3) is 0 Å². The third kappa shape index (κ3) is 3.98. The number of aromatic nitrogens is 4. The molecule has 6 aromatic rings. The number of hydrogen-bond donors (Lipinski definition) is 0. The number of aryl methyl sites for hydroxylation is 1. The second-order valence-corrected chi connectivity index (χ2v) is 8.99. The molecule has 5 heteroatoms. The number of imidazole rings is 1. The van der Waals surface area contributed by atoms with Crippen molar-refractivity contribution in [3.63, 3.8) is 0 Å². The summed E-state index contributed by atoms with van der Waals surface area (Å²) in [6.45, 7) is 0. The molecule has 0 fully saturated rings. The molecule has 0 spiro atoms. The van der Waals surface area contributed by atoms with Gasteiger partial charge in [-0.05, 0) is 34.8 Å². The molecule has 186 valence electrons. The molecule has 3 aromatic heterocycles. The summed E-state index contributed by atoms with van der Waals surface area (Å²) in [4.78, 5) is 4.65. The zero-order valence-corrected chi connectivity index (χ0v) is 22.8. The van der Waals surface area contributed by atoms with E-state index in [0.717, 1.165) is 50.1 Å². The van der Waals surface area contributed by atoms with Crippen molar-refractivity contribution >= 4 is 44.1 Å². The normalized spacial score (nSPS) is 17.7. The standard InChI is InChI=1S/C33H22N4.Pt/c1-35-23-36(31-16-8-7-15-30(31)35)26-12-4-2-3-11-24(21-26)25-18-19-28-27-13-5-6-14-29(27)37(32(28)22-25)33-17-9-10-20-34-33;/h2-20H,1H3;/q-2;/b3-2?,4-2-,11-3-,12-4?,24-11?,26-12+;. The Labute approximate surface area is 235 Å². The van der Waals surface area contributed by atoms with Gasteiger partial charge in [-0.25, -0.2) is 16.1 Å². The maximum absolute atomic E-state index is 4.65. The molecule has 4 nitrogen and oxygen atoms in total. The third-order valence-electron chi connectivity index (χ3n) is 6.73. The molecule has 3 heterocycles. The molecule has 7 rings (SSSR count). The molecule has 1 aliphatic rings. The van der Waals surface area contributed by atoms with Gasteiger partial charge in [-0.3, -0.25) is 0 Å². The van der Waals surface area contributed by atoms with E-state index in [2.05, 4.69) is 99.3 Å². The molecule has 0 aliphatic heterocycles. The second-order valence-electron chi connectivity index (χ2n) is 8.99. The third-order valence-corrected chi connectivity index (χ3v) is 6.73. The summed E-state index contributed by atoms with van der Waals surface area (Å²) in [6, 6.07) is 30.8. The van der Waals surface area contributed by atoms with Crippen molar-refractivity contribution in [3.8, 4) is 5.82 Å². The minimum absolute atomic E-state index is 0. The molecule has 0 saturated heterocycles. The van der Waals surface area contributed by atoms with Gasteiger partial charge in [0, 0.05) is 32.8 Å². The number of rotatable bonds is 3. The predicted octanol–water partition coefficient (Wildman–Crippen LogP) is 6.41. The van der Waals surface area contributed by atoms with E-state index in [0.29, 0.717) is 0 Å². The Bertz CT molecular complexity index is 1930. The molecule has 0 bridgehead atoms. The summed E-state index contributed by atoms with van der Waals surface area (Å²) >= 11 is 0. The average Bonchev–Trinajstić information content (AvgIpc) is 3.44. The minimum atomic E-state index is 0. The molecular weight excluding hydrogens is 647 g/mol. The summed E-state index contributed by atoms with van der Waals surface area (Å²) in [6.07, 6.45) is 19.2. The SMILES string of the molecule is C[n+]1[c-]n(C2=C/C=C\C=C/C(c3[c-]c4c(cc3)c3ccccc3n4-c3ccccn3)=[C-]\2)c2ccccc21.[Pt]. The van der Waals surface area contributed by atoms with Crippen LogP contribution >= 0.6 is 0 Å². The van der Waals surface area contributed by atoms with Crippen LogP contribution in [0.5, 0.6) is 0 Å². The first kappa shape index (κ1) is 24.1. The van der Waals surface area contributed by atoms with Crippen molar-refractivity contribution in [2.45, 2.75) is 0 Å². The Balaban J connectivity index is 0.00000264. The zero-order valence-electron chi connectivity index (χ0n) is 20.6. The van der Waals surface area contributed by atoms with Crippen molar-refractivity contribution in [1.29, 1.82) is 0 Å². The van der Waals surface area contributed by atoms with Gasteiger partial charge in [0.05, 0.1) is 18.1 Å².